The van der Waals surface area contributed by atoms with Gasteiger partial charge in [-0.1, -0.05) is 32.4 Å². The van der Waals surface area contributed by atoms with E-state index in [9.17, 15) is 4.79 Å². The van der Waals surface area contributed by atoms with Crippen molar-refractivity contribution in [2.45, 2.75) is 46.6 Å². The van der Waals surface area contributed by atoms with E-state index in [0.29, 0.717) is 18.8 Å². The van der Waals surface area contributed by atoms with Crippen molar-refractivity contribution in [3.63, 3.8) is 0 Å². The molecular formula is C20H31N5O. The number of nitrogens with zero attached hydrogens (tertiary/aromatic N) is 4. The van der Waals surface area contributed by atoms with E-state index >= 15 is 0 Å². The number of rotatable bonds is 2. The minimum absolute atomic E-state index is 0.0350. The number of aromatic nitrogens is 2. The second-order valence-electron chi connectivity index (χ2n) is 8.99. The molecule has 6 nitrogen and oxygen atoms in total. The van der Waals surface area contributed by atoms with E-state index in [4.69, 9.17) is 0 Å². The lowest BCUT2D eigenvalue weighted by Gasteiger charge is -2.38. The SMILES string of the molecule is CC1(C)CN(C(=O)c2ccc(N3CC=C(C(C)(C)C)CC3)nn2)CCN1. The Kier molecular flexibility index (Phi) is 5.06. The lowest BCUT2D eigenvalue weighted by atomic mass is 9.83. The maximum atomic E-state index is 12.7. The van der Waals surface area contributed by atoms with Crippen LogP contribution in [0.2, 0.25) is 0 Å². The van der Waals surface area contributed by atoms with Crippen LogP contribution in [-0.2, 0) is 0 Å². The molecular weight excluding hydrogens is 326 g/mol. The molecule has 1 fully saturated rings. The Hall–Kier alpha value is -1.95. The minimum Gasteiger partial charge on any atom is -0.351 e. The van der Waals surface area contributed by atoms with Crippen molar-refractivity contribution in [1.82, 2.24) is 20.4 Å². The van der Waals surface area contributed by atoms with Crippen molar-refractivity contribution in [3.05, 3.63) is 29.5 Å². The molecule has 142 valence electrons. The van der Waals surface area contributed by atoms with Crippen molar-refractivity contribution in [1.29, 1.82) is 0 Å². The van der Waals surface area contributed by atoms with E-state index in [0.717, 1.165) is 31.9 Å². The summed E-state index contributed by atoms with van der Waals surface area (Å²) in [6, 6.07) is 3.73. The Morgan fingerprint density at radius 2 is 1.96 bits per heavy atom. The van der Waals surface area contributed by atoms with Gasteiger partial charge >= 0.3 is 0 Å². The van der Waals surface area contributed by atoms with Gasteiger partial charge in [0, 0.05) is 38.3 Å². The monoisotopic (exact) mass is 357 g/mol. The topological polar surface area (TPSA) is 61.4 Å². The molecule has 2 aliphatic heterocycles. The Balaban J connectivity index is 1.66. The van der Waals surface area contributed by atoms with Crippen molar-refractivity contribution >= 4 is 11.7 Å². The van der Waals surface area contributed by atoms with E-state index in [1.807, 2.05) is 17.0 Å². The summed E-state index contributed by atoms with van der Waals surface area (Å²) in [6.45, 7) is 15.0. The summed E-state index contributed by atoms with van der Waals surface area (Å²) in [5.74, 6) is 0.804. The van der Waals surface area contributed by atoms with Gasteiger partial charge in [0.05, 0.1) is 0 Å². The van der Waals surface area contributed by atoms with Crippen molar-refractivity contribution in [2.24, 2.45) is 5.41 Å². The molecule has 0 aliphatic carbocycles. The van der Waals surface area contributed by atoms with Gasteiger partial charge in [0.1, 0.15) is 0 Å². The van der Waals surface area contributed by atoms with Gasteiger partial charge in [-0.2, -0.15) is 0 Å². The van der Waals surface area contributed by atoms with Crippen LogP contribution in [0.25, 0.3) is 0 Å². The second kappa shape index (κ2) is 6.99. The molecule has 0 atom stereocenters. The van der Waals surface area contributed by atoms with Gasteiger partial charge in [0.15, 0.2) is 11.5 Å². The number of amides is 1. The molecule has 2 aliphatic rings. The van der Waals surface area contributed by atoms with E-state index in [1.54, 1.807) is 0 Å². The summed E-state index contributed by atoms with van der Waals surface area (Å²) < 4.78 is 0. The van der Waals surface area contributed by atoms with Gasteiger partial charge in [-0.25, -0.2) is 0 Å². The van der Waals surface area contributed by atoms with Crippen LogP contribution in [0.5, 0.6) is 0 Å². The highest BCUT2D eigenvalue weighted by Gasteiger charge is 2.30. The number of hydrogen-bond acceptors (Lipinski definition) is 5. The minimum atomic E-state index is -0.0633. The van der Waals surface area contributed by atoms with Gasteiger partial charge < -0.3 is 15.1 Å². The predicted octanol–water partition coefficient (Wildman–Crippen LogP) is 2.48. The lowest BCUT2D eigenvalue weighted by Crippen LogP contribution is -2.58. The quantitative estimate of drug-likeness (QED) is 0.824. The molecule has 1 aromatic rings. The lowest BCUT2D eigenvalue weighted by molar-refractivity contribution is 0.0645. The molecule has 0 saturated carbocycles. The third kappa shape index (κ3) is 4.23. The number of anilines is 1. The van der Waals surface area contributed by atoms with E-state index in [2.05, 4.69) is 61.1 Å². The Bertz CT molecular complexity index is 687. The Morgan fingerprint density at radius 3 is 2.50 bits per heavy atom. The molecule has 1 amide bonds. The maximum absolute atomic E-state index is 12.7. The maximum Gasteiger partial charge on any atom is 0.274 e. The fraction of sp³-hybridized carbons (Fsp3) is 0.650. The summed E-state index contributed by atoms with van der Waals surface area (Å²) >= 11 is 0. The van der Waals surface area contributed by atoms with Crippen LogP contribution in [0, 0.1) is 5.41 Å². The van der Waals surface area contributed by atoms with Crippen LogP contribution in [-0.4, -0.2) is 59.3 Å². The molecule has 0 aromatic carbocycles. The van der Waals surface area contributed by atoms with Crippen molar-refractivity contribution < 1.29 is 4.79 Å². The molecule has 0 unspecified atom stereocenters. The van der Waals surface area contributed by atoms with Crippen LogP contribution in [0.4, 0.5) is 5.82 Å². The number of piperazine rings is 1. The fourth-order valence-electron chi connectivity index (χ4n) is 3.64. The van der Waals surface area contributed by atoms with Gasteiger partial charge in [0.25, 0.3) is 5.91 Å². The molecule has 1 aromatic heterocycles. The van der Waals surface area contributed by atoms with Gasteiger partial charge in [-0.05, 0) is 37.8 Å². The first kappa shape index (κ1) is 18.8. The number of hydrogen-bond donors (Lipinski definition) is 1. The zero-order chi connectivity index (χ0) is 18.9. The van der Waals surface area contributed by atoms with Crippen LogP contribution in [0.1, 0.15) is 51.5 Å². The van der Waals surface area contributed by atoms with E-state index in [1.165, 1.54) is 5.57 Å². The molecule has 3 rings (SSSR count). The Morgan fingerprint density at radius 1 is 1.19 bits per heavy atom. The second-order valence-corrected chi connectivity index (χ2v) is 8.99. The Labute approximate surface area is 156 Å². The predicted molar refractivity (Wildman–Crippen MR) is 104 cm³/mol. The summed E-state index contributed by atoms with van der Waals surface area (Å²) in [4.78, 5) is 16.8. The summed E-state index contributed by atoms with van der Waals surface area (Å²) in [7, 11) is 0. The first-order valence-corrected chi connectivity index (χ1v) is 9.48. The van der Waals surface area contributed by atoms with Gasteiger partial charge in [0.2, 0.25) is 0 Å². The molecule has 0 radical (unpaired) electrons. The highest BCUT2D eigenvalue weighted by Crippen LogP contribution is 2.31. The number of nitrogens with one attached hydrogen (secondary N) is 1. The molecule has 0 spiro atoms. The molecule has 6 heteroatoms. The van der Waals surface area contributed by atoms with E-state index in [-0.39, 0.29) is 16.9 Å². The third-order valence-corrected chi connectivity index (χ3v) is 5.22. The van der Waals surface area contributed by atoms with Crippen LogP contribution in [0.15, 0.2) is 23.8 Å². The average Bonchev–Trinajstić information content (AvgIpc) is 2.60. The zero-order valence-corrected chi connectivity index (χ0v) is 16.7. The highest BCUT2D eigenvalue weighted by atomic mass is 16.2. The molecule has 0 bridgehead atoms. The standard InChI is InChI=1S/C20H31N5O/c1-19(2,3)15-8-11-24(12-9-15)17-7-6-16(22-23-17)18(26)25-13-10-21-20(4,5)14-25/h6-8,21H,9-14H2,1-5H3. The summed E-state index contributed by atoms with van der Waals surface area (Å²) in [5, 5.41) is 12.0. The van der Waals surface area contributed by atoms with Crippen molar-refractivity contribution in [2.75, 3.05) is 37.6 Å². The molecule has 1 saturated heterocycles. The molecule has 1 N–H and O–H groups in total. The number of carbonyl (C=O) groups is 1. The highest BCUT2D eigenvalue weighted by molar-refractivity contribution is 5.92. The first-order chi connectivity index (χ1) is 12.2. The molecule has 3 heterocycles. The van der Waals surface area contributed by atoms with E-state index < -0.39 is 0 Å². The van der Waals surface area contributed by atoms with Crippen molar-refractivity contribution in [3.8, 4) is 0 Å². The third-order valence-electron chi connectivity index (χ3n) is 5.22. The number of carbonyl (C=O) groups excluding carboxylic acids is 1. The summed E-state index contributed by atoms with van der Waals surface area (Å²) in [6.07, 6.45) is 3.34. The van der Waals surface area contributed by atoms with Crippen LogP contribution in [0.3, 0.4) is 0 Å². The summed E-state index contributed by atoms with van der Waals surface area (Å²) in [5.41, 5.74) is 2.08. The first-order valence-electron chi connectivity index (χ1n) is 9.48. The fourth-order valence-corrected chi connectivity index (χ4v) is 3.64. The van der Waals surface area contributed by atoms with Crippen LogP contribution >= 0.6 is 0 Å². The van der Waals surface area contributed by atoms with Crippen LogP contribution < -0.4 is 10.2 Å². The molecule has 26 heavy (non-hydrogen) atoms. The normalized spacial score (nSPS) is 20.7. The van der Waals surface area contributed by atoms with Gasteiger partial charge in [-0.15, -0.1) is 10.2 Å². The van der Waals surface area contributed by atoms with Gasteiger partial charge in [-0.3, -0.25) is 4.79 Å². The largest absolute Gasteiger partial charge is 0.351 e. The smallest absolute Gasteiger partial charge is 0.274 e. The average molecular weight is 358 g/mol. The zero-order valence-electron chi connectivity index (χ0n) is 16.7.